The summed E-state index contributed by atoms with van der Waals surface area (Å²) < 4.78 is 44.2. The molecule has 0 aliphatic rings. The topological polar surface area (TPSA) is 95.9 Å². The fourth-order valence-electron chi connectivity index (χ4n) is 2.86. The molecule has 0 fully saturated rings. The van der Waals surface area contributed by atoms with Crippen molar-refractivity contribution < 1.29 is 37.7 Å². The molecule has 174 valence electrons. The molecule has 1 aromatic heterocycles. The Morgan fingerprint density at radius 2 is 1.82 bits per heavy atom. The number of hydrogen-bond acceptors (Lipinski definition) is 5. The third-order valence-electron chi connectivity index (χ3n) is 4.30. The van der Waals surface area contributed by atoms with E-state index in [1.54, 1.807) is 24.3 Å². The van der Waals surface area contributed by atoms with Gasteiger partial charge in [0.1, 0.15) is 5.02 Å². The Morgan fingerprint density at radius 1 is 1.09 bits per heavy atom. The number of carboxylic acids is 2. The van der Waals surface area contributed by atoms with Gasteiger partial charge in [-0.05, 0) is 35.4 Å². The normalized spacial score (nSPS) is 11.3. The van der Waals surface area contributed by atoms with Crippen LogP contribution >= 0.6 is 34.5 Å². The third kappa shape index (κ3) is 5.89. The maximum atomic E-state index is 13.1. The molecule has 0 saturated carbocycles. The fourth-order valence-corrected chi connectivity index (χ4v) is 4.49. The molecular weight excluding hydrogens is 506 g/mol. The first-order chi connectivity index (χ1) is 15.5. The number of halogens is 5. The van der Waals surface area contributed by atoms with Gasteiger partial charge in [-0.1, -0.05) is 41.4 Å². The monoisotopic (exact) mass is 519 g/mol. The summed E-state index contributed by atoms with van der Waals surface area (Å²) >= 11 is 12.7. The number of alkyl halides is 3. The maximum absolute atomic E-state index is 13.1. The quantitative estimate of drug-likeness (QED) is 0.313. The lowest BCUT2D eigenvalue weighted by Crippen LogP contribution is -2.10. The van der Waals surface area contributed by atoms with Crippen molar-refractivity contribution in [2.75, 3.05) is 11.9 Å². The van der Waals surface area contributed by atoms with Gasteiger partial charge in [0.2, 0.25) is 0 Å². The first-order valence-electron chi connectivity index (χ1n) is 9.07. The third-order valence-corrected chi connectivity index (χ3v) is 6.31. The second kappa shape index (κ2) is 9.90. The second-order valence-electron chi connectivity index (χ2n) is 6.64. The molecule has 0 aliphatic heterocycles. The van der Waals surface area contributed by atoms with Gasteiger partial charge in [-0.3, -0.25) is 0 Å². The van der Waals surface area contributed by atoms with E-state index in [4.69, 9.17) is 33.0 Å². The van der Waals surface area contributed by atoms with Crippen LogP contribution in [0.5, 0.6) is 5.75 Å². The van der Waals surface area contributed by atoms with Crippen LogP contribution in [0.15, 0.2) is 42.5 Å². The summed E-state index contributed by atoms with van der Waals surface area (Å²) in [6.45, 7) is -0.606. The van der Waals surface area contributed by atoms with Crippen LogP contribution < -0.4 is 10.1 Å². The lowest BCUT2D eigenvalue weighted by Gasteiger charge is -2.13. The number of anilines is 1. The van der Waals surface area contributed by atoms with Crippen LogP contribution in [0.1, 0.15) is 20.8 Å². The Balaban J connectivity index is 1.85. The van der Waals surface area contributed by atoms with Crippen LogP contribution in [0.4, 0.5) is 18.9 Å². The predicted molar refractivity (Wildman–Crippen MR) is 119 cm³/mol. The molecule has 0 spiro atoms. The van der Waals surface area contributed by atoms with Crippen molar-refractivity contribution in [3.05, 3.63) is 68.5 Å². The number of benzene rings is 2. The van der Waals surface area contributed by atoms with E-state index >= 15 is 0 Å². The number of ether oxygens (including phenoxy) is 1. The number of carbonyl (C=O) groups is 2. The lowest BCUT2D eigenvalue weighted by molar-refractivity contribution is -0.139. The fraction of sp³-hybridized carbons (Fsp3) is 0.143. The first-order valence-corrected chi connectivity index (χ1v) is 10.6. The van der Waals surface area contributed by atoms with Crippen molar-refractivity contribution in [2.45, 2.75) is 12.7 Å². The van der Waals surface area contributed by atoms with Gasteiger partial charge >= 0.3 is 18.1 Å². The van der Waals surface area contributed by atoms with Crippen molar-refractivity contribution in [1.29, 1.82) is 0 Å². The number of aliphatic carboxylic acids is 1. The van der Waals surface area contributed by atoms with E-state index in [0.29, 0.717) is 16.0 Å². The van der Waals surface area contributed by atoms with E-state index in [9.17, 15) is 27.9 Å². The molecular formula is C21H14Cl2F3NO5S. The molecule has 0 saturated heterocycles. The zero-order valence-electron chi connectivity index (χ0n) is 16.4. The molecule has 0 atom stereocenters. The molecule has 0 aliphatic carbocycles. The number of hydrogen-bond donors (Lipinski definition) is 3. The van der Waals surface area contributed by atoms with E-state index in [2.05, 4.69) is 5.32 Å². The van der Waals surface area contributed by atoms with Crippen molar-refractivity contribution in [2.24, 2.45) is 0 Å². The molecule has 3 rings (SSSR count). The van der Waals surface area contributed by atoms with Crippen LogP contribution in [-0.4, -0.2) is 28.8 Å². The highest BCUT2D eigenvalue weighted by atomic mass is 35.5. The highest BCUT2D eigenvalue weighted by Crippen LogP contribution is 2.45. The standard InChI is InChI=1S/C21H14Cl2F3NO5S/c22-14-5-4-12(7-13(14)21(24,25)26)27-8-10-2-1-3-11(6-10)18-16(23)17(32-9-15(28)29)19(33-18)20(30)31/h1-7,27H,8-9H2,(H,28,29)(H,30,31). The Hall–Kier alpha value is -2.95. The van der Waals surface area contributed by atoms with Gasteiger partial charge < -0.3 is 20.3 Å². The molecule has 12 heteroatoms. The van der Waals surface area contributed by atoms with E-state index < -0.39 is 35.3 Å². The van der Waals surface area contributed by atoms with Gasteiger partial charge in [0, 0.05) is 12.2 Å². The van der Waals surface area contributed by atoms with Crippen LogP contribution in [0.25, 0.3) is 10.4 Å². The van der Waals surface area contributed by atoms with E-state index in [1.807, 2.05) is 0 Å². The average molecular weight is 520 g/mol. The molecule has 0 amide bonds. The SMILES string of the molecule is O=C(O)COc1c(C(=O)O)sc(-c2cccc(CNc3ccc(Cl)c(C(F)(F)F)c3)c2)c1Cl. The van der Waals surface area contributed by atoms with Crippen LogP contribution in [0.2, 0.25) is 10.0 Å². The zero-order valence-corrected chi connectivity index (χ0v) is 18.7. The average Bonchev–Trinajstić information content (AvgIpc) is 3.07. The number of carboxylic acid groups (broad SMARTS) is 2. The predicted octanol–water partition coefficient (Wildman–Crippen LogP) is 6.51. The molecule has 2 aromatic carbocycles. The Labute approximate surface area is 199 Å². The van der Waals surface area contributed by atoms with Crippen LogP contribution in [0, 0.1) is 0 Å². The number of nitrogens with one attached hydrogen (secondary N) is 1. The highest BCUT2D eigenvalue weighted by Gasteiger charge is 2.33. The first kappa shape index (κ1) is 24.7. The molecule has 0 unspecified atom stereocenters. The summed E-state index contributed by atoms with van der Waals surface area (Å²) in [5.74, 6) is -2.86. The molecule has 6 nitrogen and oxygen atoms in total. The van der Waals surface area contributed by atoms with E-state index in [0.717, 1.165) is 23.5 Å². The van der Waals surface area contributed by atoms with Crippen molar-refractivity contribution in [3.63, 3.8) is 0 Å². The summed E-state index contributed by atoms with van der Waals surface area (Å²) in [5.41, 5.74) is 0.460. The molecule has 33 heavy (non-hydrogen) atoms. The summed E-state index contributed by atoms with van der Waals surface area (Å²) in [5, 5.41) is 20.6. The van der Waals surface area contributed by atoms with Crippen LogP contribution in [-0.2, 0) is 17.5 Å². The molecule has 1 heterocycles. The minimum absolute atomic E-state index is 0.0451. The van der Waals surface area contributed by atoms with Gasteiger partial charge in [0.05, 0.1) is 15.5 Å². The zero-order chi connectivity index (χ0) is 24.3. The number of thiophene rings is 1. The van der Waals surface area contributed by atoms with Crippen molar-refractivity contribution in [3.8, 4) is 16.2 Å². The van der Waals surface area contributed by atoms with Crippen LogP contribution in [0.3, 0.4) is 0 Å². The largest absolute Gasteiger partial charge is 0.479 e. The van der Waals surface area contributed by atoms with Gasteiger partial charge in [0.25, 0.3) is 0 Å². The van der Waals surface area contributed by atoms with Gasteiger partial charge in [-0.15, -0.1) is 11.3 Å². The highest BCUT2D eigenvalue weighted by molar-refractivity contribution is 7.18. The minimum Gasteiger partial charge on any atom is -0.479 e. The lowest BCUT2D eigenvalue weighted by atomic mass is 10.1. The Kier molecular flexibility index (Phi) is 7.41. The number of rotatable bonds is 8. The van der Waals surface area contributed by atoms with E-state index in [1.165, 1.54) is 6.07 Å². The van der Waals surface area contributed by atoms with E-state index in [-0.39, 0.29) is 27.9 Å². The summed E-state index contributed by atoms with van der Waals surface area (Å²) in [6, 6.07) is 10.2. The Morgan fingerprint density at radius 3 is 2.45 bits per heavy atom. The number of aromatic carboxylic acids is 1. The maximum Gasteiger partial charge on any atom is 0.417 e. The minimum atomic E-state index is -4.59. The molecule has 0 bridgehead atoms. The smallest absolute Gasteiger partial charge is 0.417 e. The van der Waals surface area contributed by atoms with Gasteiger partial charge in [0.15, 0.2) is 17.2 Å². The summed E-state index contributed by atoms with van der Waals surface area (Å²) in [7, 11) is 0. The van der Waals surface area contributed by atoms with Gasteiger partial charge in [-0.2, -0.15) is 13.2 Å². The van der Waals surface area contributed by atoms with Crippen molar-refractivity contribution >= 4 is 52.2 Å². The second-order valence-corrected chi connectivity index (χ2v) is 8.44. The summed E-state index contributed by atoms with van der Waals surface area (Å²) in [4.78, 5) is 22.4. The van der Waals surface area contributed by atoms with Gasteiger partial charge in [-0.25, -0.2) is 9.59 Å². The molecule has 3 aromatic rings. The Bertz CT molecular complexity index is 1210. The van der Waals surface area contributed by atoms with Crippen molar-refractivity contribution in [1.82, 2.24) is 0 Å². The molecule has 0 radical (unpaired) electrons. The molecule has 3 N–H and O–H groups in total. The summed E-state index contributed by atoms with van der Waals surface area (Å²) in [6.07, 6.45) is -4.59.